The van der Waals surface area contributed by atoms with E-state index in [0.717, 1.165) is 12.7 Å². The fourth-order valence-corrected chi connectivity index (χ4v) is 5.20. The summed E-state index contributed by atoms with van der Waals surface area (Å²) >= 11 is 0. The van der Waals surface area contributed by atoms with Gasteiger partial charge in [-0.2, -0.15) is 0 Å². The number of ether oxygens (including phenoxy) is 1. The number of rotatable bonds is 12. The molecule has 4 N–H and O–H groups in total. The highest BCUT2D eigenvalue weighted by Crippen LogP contribution is 2.36. The van der Waals surface area contributed by atoms with Crippen LogP contribution in [-0.2, 0) is 41.9 Å². The van der Waals surface area contributed by atoms with Crippen molar-refractivity contribution in [1.82, 2.24) is 25.1 Å². The van der Waals surface area contributed by atoms with E-state index in [0.29, 0.717) is 37.9 Å². The number of carbonyl (C=O) groups is 5. The number of imidazole rings is 1. The molecule has 12 heteroatoms. The maximum absolute atomic E-state index is 13.4. The van der Waals surface area contributed by atoms with Gasteiger partial charge in [-0.15, -0.1) is 0 Å². The molecular formula is C28H46N6O6. The van der Waals surface area contributed by atoms with Crippen LogP contribution in [0, 0.1) is 10.8 Å². The molecule has 2 fully saturated rings. The second-order valence-corrected chi connectivity index (χ2v) is 11.8. The van der Waals surface area contributed by atoms with E-state index >= 15 is 0 Å². The Morgan fingerprint density at radius 3 is 2.55 bits per heavy atom. The molecule has 2 aliphatic rings. The molecule has 224 valence electrons. The molecule has 0 bridgehead atoms. The maximum Gasteiger partial charge on any atom is 0.313 e. The van der Waals surface area contributed by atoms with Crippen molar-refractivity contribution >= 4 is 30.0 Å². The highest BCUT2D eigenvalue weighted by molar-refractivity contribution is 5.94. The number of esters is 1. The number of hydrogen-bond donors (Lipinski definition) is 3. The molecule has 40 heavy (non-hydrogen) atoms. The molecule has 0 radical (unpaired) electrons. The van der Waals surface area contributed by atoms with Gasteiger partial charge in [-0.1, -0.05) is 27.2 Å². The zero-order valence-corrected chi connectivity index (χ0v) is 24.7. The van der Waals surface area contributed by atoms with Crippen LogP contribution in [0.4, 0.5) is 0 Å². The normalized spacial score (nSPS) is 19.8. The van der Waals surface area contributed by atoms with Crippen LogP contribution in [0.15, 0.2) is 12.5 Å². The lowest BCUT2D eigenvalue weighted by Crippen LogP contribution is -2.54. The third kappa shape index (κ3) is 8.87. The van der Waals surface area contributed by atoms with Crippen LogP contribution < -0.4 is 16.4 Å². The smallest absolute Gasteiger partial charge is 0.313 e. The number of nitrogens with two attached hydrogens (primary N) is 1. The number of nitrogens with zero attached hydrogens (tertiary/aromatic N) is 3. The zero-order valence-electron chi connectivity index (χ0n) is 24.7. The first-order chi connectivity index (χ1) is 18.8. The molecule has 3 atom stereocenters. The predicted octanol–water partition coefficient (Wildman–Crippen LogP) is 1.31. The van der Waals surface area contributed by atoms with Crippen LogP contribution in [0.3, 0.4) is 0 Å². The fourth-order valence-electron chi connectivity index (χ4n) is 5.20. The number of carbonyl (C=O) groups excluding carboxylic acids is 5. The Labute approximate surface area is 236 Å². The second kappa shape index (κ2) is 14.4. The monoisotopic (exact) mass is 562 g/mol. The van der Waals surface area contributed by atoms with Crippen LogP contribution >= 0.6 is 0 Å². The van der Waals surface area contributed by atoms with E-state index in [-0.39, 0.29) is 42.8 Å². The largest absolute Gasteiger partial charge is 0.443 e. The topological polar surface area (TPSA) is 166 Å². The molecule has 0 spiro atoms. The van der Waals surface area contributed by atoms with Gasteiger partial charge in [0.15, 0.2) is 6.73 Å². The zero-order chi connectivity index (χ0) is 30.1. The van der Waals surface area contributed by atoms with E-state index in [9.17, 15) is 24.0 Å². The molecule has 2 aliphatic heterocycles. The molecule has 3 heterocycles. The Morgan fingerprint density at radius 1 is 1.25 bits per heavy atom. The number of aromatic nitrogens is 2. The molecule has 0 aromatic carbocycles. The average molecular weight is 563 g/mol. The highest BCUT2D eigenvalue weighted by Gasteiger charge is 2.37. The van der Waals surface area contributed by atoms with Crippen molar-refractivity contribution in [3.05, 3.63) is 18.2 Å². The van der Waals surface area contributed by atoms with Crippen LogP contribution in [0.25, 0.3) is 0 Å². The van der Waals surface area contributed by atoms with Crippen molar-refractivity contribution in [3.63, 3.8) is 0 Å². The SMILES string of the molecule is CCC(C)(C)CC(C)(C)C(=O)OCn1cnc(CC(NC(=O)C2CCC(=O)N2)C(=O)N2CCCC2C=O)c1.CN. The summed E-state index contributed by atoms with van der Waals surface area (Å²) in [6, 6.07) is -2.18. The lowest BCUT2D eigenvalue weighted by Gasteiger charge is -2.32. The van der Waals surface area contributed by atoms with Gasteiger partial charge in [-0.3, -0.25) is 19.2 Å². The molecule has 2 saturated heterocycles. The van der Waals surface area contributed by atoms with Gasteiger partial charge in [0.2, 0.25) is 17.7 Å². The van der Waals surface area contributed by atoms with Crippen molar-refractivity contribution < 1.29 is 28.7 Å². The Bertz CT molecular complexity index is 1050. The summed E-state index contributed by atoms with van der Waals surface area (Å²) in [6.45, 7) is 10.5. The summed E-state index contributed by atoms with van der Waals surface area (Å²) in [5.41, 5.74) is 4.38. The fraction of sp³-hybridized carbons (Fsp3) is 0.714. The van der Waals surface area contributed by atoms with E-state index in [4.69, 9.17) is 4.74 Å². The Morgan fingerprint density at radius 2 is 1.95 bits per heavy atom. The van der Waals surface area contributed by atoms with Gasteiger partial charge in [-0.05, 0) is 52.0 Å². The molecule has 1 aromatic heterocycles. The van der Waals surface area contributed by atoms with Gasteiger partial charge in [-0.25, -0.2) is 4.98 Å². The third-order valence-corrected chi connectivity index (χ3v) is 7.54. The van der Waals surface area contributed by atoms with E-state index < -0.39 is 29.4 Å². The Kier molecular flexibility index (Phi) is 11.8. The number of aldehydes is 1. The van der Waals surface area contributed by atoms with E-state index in [2.05, 4.69) is 42.1 Å². The standard InChI is InChI=1S/C27H41N5O6.CH5N/c1-6-26(2,3)15-27(4,5)25(37)38-17-31-13-18(28-16-31)12-21(24(36)32-11-7-8-19(32)14-33)30-23(35)20-9-10-22(34)29-20;1-2/h13-14,16,19-21H,6-12,15,17H2,1-5H3,(H,29,34)(H,30,35);2H2,1H3. The Balaban J connectivity index is 0.00000274. The quantitative estimate of drug-likeness (QED) is 0.253. The first-order valence-corrected chi connectivity index (χ1v) is 14.0. The van der Waals surface area contributed by atoms with Crippen LogP contribution in [0.2, 0.25) is 0 Å². The summed E-state index contributed by atoms with van der Waals surface area (Å²) in [5.74, 6) is -1.31. The van der Waals surface area contributed by atoms with Crippen molar-refractivity contribution in [2.75, 3.05) is 13.6 Å². The van der Waals surface area contributed by atoms with Crippen molar-refractivity contribution in [1.29, 1.82) is 0 Å². The minimum absolute atomic E-state index is 0.0101. The number of likely N-dealkylation sites (tertiary alicyclic amines) is 1. The molecular weight excluding hydrogens is 516 g/mol. The molecule has 3 amide bonds. The lowest BCUT2D eigenvalue weighted by atomic mass is 9.74. The third-order valence-electron chi connectivity index (χ3n) is 7.54. The Hall–Kier alpha value is -3.28. The molecule has 3 rings (SSSR count). The van der Waals surface area contributed by atoms with Gasteiger partial charge in [0.05, 0.1) is 23.5 Å². The summed E-state index contributed by atoms with van der Waals surface area (Å²) in [4.78, 5) is 67.8. The van der Waals surface area contributed by atoms with Crippen molar-refractivity contribution in [2.45, 2.75) is 104 Å². The van der Waals surface area contributed by atoms with E-state index in [1.807, 2.05) is 13.8 Å². The summed E-state index contributed by atoms with van der Waals surface area (Å²) in [7, 11) is 1.50. The molecule has 0 saturated carbocycles. The second-order valence-electron chi connectivity index (χ2n) is 11.8. The highest BCUT2D eigenvalue weighted by atomic mass is 16.5. The van der Waals surface area contributed by atoms with Crippen LogP contribution in [0.5, 0.6) is 0 Å². The molecule has 12 nitrogen and oxygen atoms in total. The number of amides is 3. The van der Waals surface area contributed by atoms with Gasteiger partial charge in [0.25, 0.3) is 0 Å². The maximum atomic E-state index is 13.4. The minimum atomic E-state index is -0.957. The molecule has 3 unspecified atom stereocenters. The predicted molar refractivity (Wildman–Crippen MR) is 148 cm³/mol. The van der Waals surface area contributed by atoms with Crippen molar-refractivity contribution in [3.8, 4) is 0 Å². The lowest BCUT2D eigenvalue weighted by molar-refractivity contribution is -0.159. The van der Waals surface area contributed by atoms with Gasteiger partial charge >= 0.3 is 5.97 Å². The number of hydrogen-bond acceptors (Lipinski definition) is 8. The van der Waals surface area contributed by atoms with Gasteiger partial charge < -0.3 is 35.4 Å². The van der Waals surface area contributed by atoms with Gasteiger partial charge in [0.1, 0.15) is 18.4 Å². The first kappa shape index (κ1) is 32.9. The van der Waals surface area contributed by atoms with E-state index in [1.54, 1.807) is 10.8 Å². The molecule has 1 aromatic rings. The average Bonchev–Trinajstić information content (AvgIpc) is 3.68. The summed E-state index contributed by atoms with van der Waals surface area (Å²) < 4.78 is 7.17. The van der Waals surface area contributed by atoms with E-state index in [1.165, 1.54) is 18.3 Å². The van der Waals surface area contributed by atoms with Crippen LogP contribution in [-0.4, -0.2) is 76.1 Å². The summed E-state index contributed by atoms with van der Waals surface area (Å²) in [6.07, 6.45) is 7.57. The van der Waals surface area contributed by atoms with Crippen LogP contribution in [0.1, 0.15) is 78.8 Å². The molecule has 0 aliphatic carbocycles. The first-order valence-electron chi connectivity index (χ1n) is 14.0. The summed E-state index contributed by atoms with van der Waals surface area (Å²) in [5, 5.41) is 5.37. The minimum Gasteiger partial charge on any atom is -0.443 e. The van der Waals surface area contributed by atoms with Crippen molar-refractivity contribution in [2.24, 2.45) is 16.6 Å². The van der Waals surface area contributed by atoms with Gasteiger partial charge in [0, 0.05) is 25.6 Å². The number of nitrogens with one attached hydrogen (secondary N) is 2.